The summed E-state index contributed by atoms with van der Waals surface area (Å²) in [5, 5.41) is 17.3. The largest absolute Gasteiger partial charge is 0.379 e. The summed E-state index contributed by atoms with van der Waals surface area (Å²) in [6, 6.07) is 5.48. The number of benzene rings is 1. The molecule has 1 aliphatic carbocycles. The Bertz CT molecular complexity index is 803. The predicted octanol–water partition coefficient (Wildman–Crippen LogP) is 1.93. The van der Waals surface area contributed by atoms with Crippen LogP contribution in [0.1, 0.15) is 39.0 Å². The van der Waals surface area contributed by atoms with Crippen molar-refractivity contribution in [2.75, 3.05) is 11.9 Å². The lowest BCUT2D eigenvalue weighted by atomic mass is 9.77. The summed E-state index contributed by atoms with van der Waals surface area (Å²) >= 11 is 0. The van der Waals surface area contributed by atoms with E-state index in [9.17, 15) is 24.5 Å². The van der Waals surface area contributed by atoms with Crippen molar-refractivity contribution >= 4 is 29.2 Å². The number of rotatable bonds is 6. The second-order valence-corrected chi connectivity index (χ2v) is 7.32. The molecule has 1 saturated heterocycles. The average molecular weight is 389 g/mol. The lowest BCUT2D eigenvalue weighted by Gasteiger charge is -2.33. The summed E-state index contributed by atoms with van der Waals surface area (Å²) in [5.41, 5.74) is 1.63. The van der Waals surface area contributed by atoms with Crippen molar-refractivity contribution in [3.8, 4) is 0 Å². The molecular formula is C18H23N5O5. The summed E-state index contributed by atoms with van der Waals surface area (Å²) in [6.07, 6.45) is 2.74. The summed E-state index contributed by atoms with van der Waals surface area (Å²) in [5.74, 6) is -0.452. The molecule has 2 aliphatic rings. The number of hydrazine groups is 1. The number of imide groups is 1. The maximum Gasteiger partial charge on any atom is 0.344 e. The monoisotopic (exact) mass is 389 g/mol. The Morgan fingerprint density at radius 2 is 2.00 bits per heavy atom. The number of nitro benzene ring substituents is 1. The number of hydrogen-bond donors (Lipinski definition) is 3. The van der Waals surface area contributed by atoms with Crippen LogP contribution in [0.25, 0.3) is 0 Å². The van der Waals surface area contributed by atoms with Gasteiger partial charge in [-0.15, -0.1) is 0 Å². The fourth-order valence-corrected chi connectivity index (χ4v) is 3.59. The van der Waals surface area contributed by atoms with E-state index in [0.29, 0.717) is 24.4 Å². The maximum absolute atomic E-state index is 12.7. The molecule has 2 fully saturated rings. The van der Waals surface area contributed by atoms with Crippen LogP contribution >= 0.6 is 0 Å². The quantitative estimate of drug-likeness (QED) is 0.387. The maximum atomic E-state index is 12.7. The first kappa shape index (κ1) is 19.6. The number of para-hydroxylation sites is 2. The van der Waals surface area contributed by atoms with E-state index in [1.165, 1.54) is 6.07 Å². The Labute approximate surface area is 161 Å². The van der Waals surface area contributed by atoms with Gasteiger partial charge in [-0.2, -0.15) is 5.01 Å². The molecule has 3 rings (SSSR count). The summed E-state index contributed by atoms with van der Waals surface area (Å²) in [6.45, 7) is 2.22. The van der Waals surface area contributed by atoms with E-state index >= 15 is 0 Å². The number of nitrogens with one attached hydrogen (secondary N) is 3. The number of hydrogen-bond acceptors (Lipinski definition) is 6. The topological polar surface area (TPSA) is 134 Å². The normalized spacial score (nSPS) is 24.2. The van der Waals surface area contributed by atoms with E-state index in [4.69, 9.17) is 0 Å². The van der Waals surface area contributed by atoms with Crippen LogP contribution in [0.5, 0.6) is 0 Å². The Balaban J connectivity index is 1.53. The molecule has 10 heteroatoms. The van der Waals surface area contributed by atoms with E-state index in [1.807, 2.05) is 0 Å². The van der Waals surface area contributed by atoms with Gasteiger partial charge in [-0.1, -0.05) is 19.1 Å². The highest BCUT2D eigenvalue weighted by atomic mass is 16.6. The van der Waals surface area contributed by atoms with Gasteiger partial charge in [0.15, 0.2) is 0 Å². The number of carbonyl (C=O) groups is 3. The Morgan fingerprint density at radius 1 is 1.32 bits per heavy atom. The standard InChI is InChI=1S/C18H23N5O5/c1-12-6-9-18(10-7-12)16(25)22(17(26)20-18)21-15(24)8-11-19-13-4-2-3-5-14(13)23(27)28/h2-5,12,19H,6-11H2,1H3,(H,20,26)(H,21,24). The number of anilines is 1. The van der Waals surface area contributed by atoms with E-state index in [-0.39, 0.29) is 18.7 Å². The molecular weight excluding hydrogens is 366 g/mol. The lowest BCUT2D eigenvalue weighted by molar-refractivity contribution is -0.384. The molecule has 1 heterocycles. The van der Waals surface area contributed by atoms with Crippen LogP contribution < -0.4 is 16.1 Å². The van der Waals surface area contributed by atoms with E-state index in [2.05, 4.69) is 23.0 Å². The number of urea groups is 1. The third kappa shape index (κ3) is 3.90. The van der Waals surface area contributed by atoms with Crippen LogP contribution in [0.2, 0.25) is 0 Å². The minimum Gasteiger partial charge on any atom is -0.379 e. The summed E-state index contributed by atoms with van der Waals surface area (Å²) in [7, 11) is 0. The average Bonchev–Trinajstić information content (AvgIpc) is 2.89. The van der Waals surface area contributed by atoms with Crippen LogP contribution in [0.3, 0.4) is 0 Å². The van der Waals surface area contributed by atoms with Crippen molar-refractivity contribution in [2.24, 2.45) is 5.92 Å². The van der Waals surface area contributed by atoms with E-state index in [1.54, 1.807) is 18.2 Å². The van der Waals surface area contributed by atoms with Gasteiger partial charge in [-0.3, -0.25) is 25.1 Å². The van der Waals surface area contributed by atoms with Crippen molar-refractivity contribution in [3.63, 3.8) is 0 Å². The molecule has 0 radical (unpaired) electrons. The second kappa shape index (κ2) is 7.83. The predicted molar refractivity (Wildman–Crippen MR) is 100 cm³/mol. The van der Waals surface area contributed by atoms with Crippen LogP contribution in [0.4, 0.5) is 16.2 Å². The highest BCUT2D eigenvalue weighted by Crippen LogP contribution is 2.35. The first-order valence-electron chi connectivity index (χ1n) is 9.26. The van der Waals surface area contributed by atoms with Crippen LogP contribution in [-0.4, -0.2) is 39.9 Å². The zero-order valence-corrected chi connectivity index (χ0v) is 15.6. The molecule has 4 amide bonds. The smallest absolute Gasteiger partial charge is 0.344 e. The molecule has 0 aromatic heterocycles. The van der Waals surface area contributed by atoms with Gasteiger partial charge in [-0.05, 0) is 37.7 Å². The van der Waals surface area contributed by atoms with E-state index < -0.39 is 28.3 Å². The van der Waals surface area contributed by atoms with Crippen molar-refractivity contribution < 1.29 is 19.3 Å². The van der Waals surface area contributed by atoms with E-state index in [0.717, 1.165) is 17.9 Å². The number of carbonyl (C=O) groups excluding carboxylic acids is 3. The first-order chi connectivity index (χ1) is 13.3. The fourth-order valence-electron chi connectivity index (χ4n) is 3.59. The summed E-state index contributed by atoms with van der Waals surface area (Å²) in [4.78, 5) is 47.5. The van der Waals surface area contributed by atoms with Gasteiger partial charge >= 0.3 is 6.03 Å². The van der Waals surface area contributed by atoms with Crippen molar-refractivity contribution in [1.82, 2.24) is 15.8 Å². The minimum absolute atomic E-state index is 0.0624. The Morgan fingerprint density at radius 3 is 2.68 bits per heavy atom. The molecule has 1 aliphatic heterocycles. The van der Waals surface area contributed by atoms with Gasteiger partial charge in [0.2, 0.25) is 5.91 Å². The van der Waals surface area contributed by atoms with Crippen LogP contribution in [-0.2, 0) is 9.59 Å². The first-order valence-corrected chi connectivity index (χ1v) is 9.26. The third-order valence-corrected chi connectivity index (χ3v) is 5.29. The number of amides is 4. The second-order valence-electron chi connectivity index (χ2n) is 7.32. The van der Waals surface area contributed by atoms with Gasteiger partial charge in [0, 0.05) is 19.0 Å². The molecule has 3 N–H and O–H groups in total. The zero-order chi connectivity index (χ0) is 20.3. The molecule has 1 spiro atoms. The van der Waals surface area contributed by atoms with Crippen molar-refractivity contribution in [3.05, 3.63) is 34.4 Å². The SMILES string of the molecule is CC1CCC2(CC1)NC(=O)N(NC(=O)CCNc1ccccc1[N+](=O)[O-])C2=O. The molecule has 1 aromatic rings. The molecule has 0 bridgehead atoms. The Kier molecular flexibility index (Phi) is 5.48. The van der Waals surface area contributed by atoms with Gasteiger partial charge in [0.1, 0.15) is 11.2 Å². The molecule has 10 nitrogen and oxygen atoms in total. The van der Waals surface area contributed by atoms with Crippen molar-refractivity contribution in [1.29, 1.82) is 0 Å². The highest BCUT2D eigenvalue weighted by molar-refractivity contribution is 6.08. The molecule has 1 aromatic carbocycles. The van der Waals surface area contributed by atoms with Gasteiger partial charge in [0.25, 0.3) is 11.6 Å². The number of nitrogens with zero attached hydrogens (tertiary/aromatic N) is 2. The number of nitro groups is 1. The third-order valence-electron chi connectivity index (χ3n) is 5.29. The zero-order valence-electron chi connectivity index (χ0n) is 15.6. The Hall–Kier alpha value is -3.17. The minimum atomic E-state index is -0.917. The van der Waals surface area contributed by atoms with Gasteiger partial charge in [0.05, 0.1) is 4.92 Å². The van der Waals surface area contributed by atoms with Crippen LogP contribution in [0.15, 0.2) is 24.3 Å². The van der Waals surface area contributed by atoms with Crippen LogP contribution in [0, 0.1) is 16.0 Å². The van der Waals surface area contributed by atoms with Gasteiger partial charge < -0.3 is 10.6 Å². The lowest BCUT2D eigenvalue weighted by Crippen LogP contribution is -2.51. The van der Waals surface area contributed by atoms with Gasteiger partial charge in [-0.25, -0.2) is 4.79 Å². The molecule has 1 saturated carbocycles. The molecule has 150 valence electrons. The molecule has 28 heavy (non-hydrogen) atoms. The van der Waals surface area contributed by atoms with Crippen molar-refractivity contribution in [2.45, 2.75) is 44.6 Å². The highest BCUT2D eigenvalue weighted by Gasteiger charge is 2.52. The summed E-state index contributed by atoms with van der Waals surface area (Å²) < 4.78 is 0. The molecule has 0 atom stereocenters. The molecule has 0 unspecified atom stereocenters. The fraction of sp³-hybridized carbons (Fsp3) is 0.500.